The maximum atomic E-state index is 5.51. The number of rotatable bonds is 4. The Kier molecular flexibility index (Phi) is 4.14. The van der Waals surface area contributed by atoms with Crippen LogP contribution < -0.4 is 10.2 Å². The first-order valence-electron chi connectivity index (χ1n) is 6.52. The molecule has 0 saturated carbocycles. The van der Waals surface area contributed by atoms with Gasteiger partial charge in [-0.1, -0.05) is 6.92 Å². The summed E-state index contributed by atoms with van der Waals surface area (Å²) in [5, 5.41) is 11.8. The van der Waals surface area contributed by atoms with Crippen LogP contribution in [-0.2, 0) is 11.3 Å². The minimum absolute atomic E-state index is 0.0177. The van der Waals surface area contributed by atoms with Crippen LogP contribution in [0.25, 0.3) is 0 Å². The average molecular weight is 250 g/mol. The van der Waals surface area contributed by atoms with E-state index < -0.39 is 0 Å². The third-order valence-corrected chi connectivity index (χ3v) is 3.18. The van der Waals surface area contributed by atoms with Crippen molar-refractivity contribution >= 4 is 5.82 Å². The van der Waals surface area contributed by atoms with Crippen molar-refractivity contribution in [2.24, 2.45) is 0 Å². The van der Waals surface area contributed by atoms with Crippen LogP contribution >= 0.6 is 0 Å². The molecule has 0 amide bonds. The molecule has 1 fully saturated rings. The molecule has 1 N–H and O–H groups in total. The van der Waals surface area contributed by atoms with Gasteiger partial charge in [-0.15, -0.1) is 5.10 Å². The van der Waals surface area contributed by atoms with E-state index in [1.54, 1.807) is 0 Å². The smallest absolute Gasteiger partial charge is 0.151 e. The van der Waals surface area contributed by atoms with Crippen LogP contribution in [0.4, 0.5) is 5.82 Å². The van der Waals surface area contributed by atoms with Gasteiger partial charge in [0.05, 0.1) is 24.4 Å². The molecule has 0 unspecified atom stereocenters. The molecule has 1 aromatic heterocycles. The summed E-state index contributed by atoms with van der Waals surface area (Å²) in [6, 6.07) is 4.09. The summed E-state index contributed by atoms with van der Waals surface area (Å²) in [5.74, 6) is 0.934. The van der Waals surface area contributed by atoms with Crippen molar-refractivity contribution < 1.29 is 4.74 Å². The largest absolute Gasteiger partial charge is 0.377 e. The second kappa shape index (κ2) is 5.63. The van der Waals surface area contributed by atoms with Crippen LogP contribution in [0.5, 0.6) is 0 Å². The lowest BCUT2D eigenvalue weighted by Gasteiger charge is -2.42. The molecule has 0 aliphatic carbocycles. The van der Waals surface area contributed by atoms with Gasteiger partial charge in [0.2, 0.25) is 0 Å². The van der Waals surface area contributed by atoms with Gasteiger partial charge in [-0.2, -0.15) is 5.10 Å². The van der Waals surface area contributed by atoms with Crippen LogP contribution in [0.1, 0.15) is 26.5 Å². The van der Waals surface area contributed by atoms with E-state index in [2.05, 4.69) is 41.2 Å². The van der Waals surface area contributed by atoms with E-state index in [4.69, 9.17) is 4.74 Å². The Labute approximate surface area is 109 Å². The van der Waals surface area contributed by atoms with Gasteiger partial charge >= 0.3 is 0 Å². The Hall–Kier alpha value is -1.20. The Morgan fingerprint density at radius 2 is 2.22 bits per heavy atom. The van der Waals surface area contributed by atoms with Crippen molar-refractivity contribution in [3.8, 4) is 0 Å². The molecule has 5 heteroatoms. The minimum atomic E-state index is -0.0177. The predicted molar refractivity (Wildman–Crippen MR) is 71.7 cm³/mol. The molecule has 0 radical (unpaired) electrons. The normalized spacial score (nSPS) is 18.9. The lowest BCUT2D eigenvalue weighted by atomic mass is 10.0. The van der Waals surface area contributed by atoms with Crippen LogP contribution in [0.2, 0.25) is 0 Å². The third-order valence-electron chi connectivity index (χ3n) is 3.18. The topological polar surface area (TPSA) is 50.3 Å². The van der Waals surface area contributed by atoms with Crippen molar-refractivity contribution in [3.63, 3.8) is 0 Å². The maximum Gasteiger partial charge on any atom is 0.151 e. The summed E-state index contributed by atoms with van der Waals surface area (Å²) >= 11 is 0. The highest BCUT2D eigenvalue weighted by Crippen LogP contribution is 2.24. The molecule has 18 heavy (non-hydrogen) atoms. The number of nitrogens with one attached hydrogen (secondary N) is 1. The molecule has 100 valence electrons. The Balaban J connectivity index is 2.08. The van der Waals surface area contributed by atoms with Crippen molar-refractivity contribution in [1.29, 1.82) is 0 Å². The van der Waals surface area contributed by atoms with Gasteiger partial charge in [0.25, 0.3) is 0 Å². The van der Waals surface area contributed by atoms with E-state index in [1.165, 1.54) is 0 Å². The molecule has 0 spiro atoms. The highest BCUT2D eigenvalue weighted by molar-refractivity contribution is 5.41. The highest BCUT2D eigenvalue weighted by atomic mass is 16.5. The molecule has 2 heterocycles. The molecular weight excluding hydrogens is 228 g/mol. The summed E-state index contributed by atoms with van der Waals surface area (Å²) in [6.07, 6.45) is 0. The van der Waals surface area contributed by atoms with Gasteiger partial charge in [-0.25, -0.2) is 0 Å². The molecule has 1 aliphatic rings. The number of morpholine rings is 1. The number of hydrogen-bond acceptors (Lipinski definition) is 5. The molecule has 2 rings (SSSR count). The molecule has 0 aromatic carbocycles. The zero-order valence-corrected chi connectivity index (χ0v) is 11.4. The fourth-order valence-corrected chi connectivity index (χ4v) is 2.13. The van der Waals surface area contributed by atoms with Crippen molar-refractivity contribution in [2.45, 2.75) is 32.9 Å². The number of nitrogens with zero attached hydrogens (tertiary/aromatic N) is 3. The van der Waals surface area contributed by atoms with E-state index in [0.717, 1.165) is 44.4 Å². The highest BCUT2D eigenvalue weighted by Gasteiger charge is 2.31. The van der Waals surface area contributed by atoms with Crippen LogP contribution in [0.3, 0.4) is 0 Å². The third kappa shape index (κ3) is 2.97. The number of anilines is 1. The monoisotopic (exact) mass is 250 g/mol. The first-order valence-corrected chi connectivity index (χ1v) is 6.52. The zero-order valence-electron chi connectivity index (χ0n) is 11.4. The predicted octanol–water partition coefficient (Wildman–Crippen LogP) is 1.20. The molecule has 1 saturated heterocycles. The zero-order chi connectivity index (χ0) is 13.0. The fraction of sp³-hybridized carbons (Fsp3) is 0.692. The van der Waals surface area contributed by atoms with Gasteiger partial charge < -0.3 is 15.0 Å². The van der Waals surface area contributed by atoms with Gasteiger partial charge in [-0.3, -0.25) is 0 Å². The van der Waals surface area contributed by atoms with Crippen LogP contribution in [0.15, 0.2) is 12.1 Å². The van der Waals surface area contributed by atoms with Gasteiger partial charge in [0.15, 0.2) is 5.82 Å². The average Bonchev–Trinajstić information content (AvgIpc) is 2.37. The van der Waals surface area contributed by atoms with E-state index in [0.29, 0.717) is 0 Å². The first-order chi connectivity index (χ1) is 8.63. The lowest BCUT2D eigenvalue weighted by Crippen LogP contribution is -2.53. The molecule has 0 atom stereocenters. The first kappa shape index (κ1) is 13.2. The number of aromatic nitrogens is 2. The summed E-state index contributed by atoms with van der Waals surface area (Å²) < 4.78 is 5.51. The molecule has 1 aliphatic heterocycles. The minimum Gasteiger partial charge on any atom is -0.377 e. The lowest BCUT2D eigenvalue weighted by molar-refractivity contribution is 0.0638. The second-order valence-corrected chi connectivity index (χ2v) is 5.18. The standard InChI is InChI=1S/C13H22N4O/c1-4-14-9-11-5-6-12(16-15-11)17-7-8-18-10-13(17,2)3/h5-6,14H,4,7-10H2,1-3H3. The summed E-state index contributed by atoms with van der Waals surface area (Å²) in [4.78, 5) is 2.26. The van der Waals surface area contributed by atoms with E-state index in [9.17, 15) is 0 Å². The second-order valence-electron chi connectivity index (χ2n) is 5.18. The Morgan fingerprint density at radius 3 is 2.83 bits per heavy atom. The molecule has 0 bridgehead atoms. The number of ether oxygens (including phenoxy) is 1. The molecular formula is C13H22N4O. The van der Waals surface area contributed by atoms with Crippen LogP contribution in [-0.4, -0.2) is 42.0 Å². The van der Waals surface area contributed by atoms with Crippen LogP contribution in [0, 0.1) is 0 Å². The SMILES string of the molecule is CCNCc1ccc(N2CCOCC2(C)C)nn1. The molecule has 1 aromatic rings. The summed E-state index contributed by atoms with van der Waals surface area (Å²) in [6.45, 7) is 10.5. The van der Waals surface area contributed by atoms with Crippen molar-refractivity contribution in [3.05, 3.63) is 17.8 Å². The van der Waals surface area contributed by atoms with Gasteiger partial charge in [-0.05, 0) is 32.5 Å². The van der Waals surface area contributed by atoms with Crippen molar-refractivity contribution in [1.82, 2.24) is 15.5 Å². The maximum absolute atomic E-state index is 5.51. The van der Waals surface area contributed by atoms with Gasteiger partial charge in [0.1, 0.15) is 0 Å². The Bertz CT molecular complexity index is 377. The Morgan fingerprint density at radius 1 is 1.39 bits per heavy atom. The van der Waals surface area contributed by atoms with E-state index in [-0.39, 0.29) is 5.54 Å². The number of hydrogen-bond donors (Lipinski definition) is 1. The van der Waals surface area contributed by atoms with E-state index >= 15 is 0 Å². The quantitative estimate of drug-likeness (QED) is 0.870. The van der Waals surface area contributed by atoms with Crippen molar-refractivity contribution in [2.75, 3.05) is 31.2 Å². The van der Waals surface area contributed by atoms with Gasteiger partial charge in [0, 0.05) is 13.1 Å². The summed E-state index contributed by atoms with van der Waals surface area (Å²) in [5.41, 5.74) is 0.961. The molecule has 5 nitrogen and oxygen atoms in total. The van der Waals surface area contributed by atoms with E-state index in [1.807, 2.05) is 12.1 Å². The summed E-state index contributed by atoms with van der Waals surface area (Å²) in [7, 11) is 0. The fourth-order valence-electron chi connectivity index (χ4n) is 2.13.